The highest BCUT2D eigenvalue weighted by Crippen LogP contribution is 2.33. The molecule has 4 aromatic rings. The lowest BCUT2D eigenvalue weighted by Crippen LogP contribution is -2.27. The number of benzene rings is 1. The SMILES string of the molecule is CCc1nc2ccc(C3CCNCC3)nn2c1CNc1nc(-c2ccc(F)cc2C#N)c(C)s1. The molecule has 0 radical (unpaired) electrons. The second-order valence-corrected chi connectivity index (χ2v) is 9.69. The van der Waals surface area contributed by atoms with Crippen LogP contribution in [0.25, 0.3) is 16.9 Å². The third kappa shape index (κ3) is 4.27. The Kier molecular flexibility index (Phi) is 6.26. The summed E-state index contributed by atoms with van der Waals surface area (Å²) in [7, 11) is 0. The lowest BCUT2D eigenvalue weighted by Gasteiger charge is -2.22. The van der Waals surface area contributed by atoms with Crippen LogP contribution in [0.2, 0.25) is 0 Å². The molecule has 7 nitrogen and oxygen atoms in total. The monoisotopic (exact) mass is 475 g/mol. The Balaban J connectivity index is 1.43. The summed E-state index contributed by atoms with van der Waals surface area (Å²) >= 11 is 1.52. The molecule has 0 aliphatic carbocycles. The van der Waals surface area contributed by atoms with Crippen LogP contribution in [0.15, 0.2) is 30.3 Å². The predicted octanol–water partition coefficient (Wildman–Crippen LogP) is 4.81. The summed E-state index contributed by atoms with van der Waals surface area (Å²) in [5, 5.41) is 22.0. The lowest BCUT2D eigenvalue weighted by atomic mass is 9.94. The highest BCUT2D eigenvalue weighted by molar-refractivity contribution is 7.16. The van der Waals surface area contributed by atoms with Gasteiger partial charge in [-0.05, 0) is 69.6 Å². The van der Waals surface area contributed by atoms with Crippen LogP contribution in [0.3, 0.4) is 0 Å². The number of fused-ring (bicyclic) bond motifs is 1. The number of hydrogen-bond acceptors (Lipinski definition) is 7. The maximum atomic E-state index is 13.6. The van der Waals surface area contributed by atoms with E-state index in [1.165, 1.54) is 23.5 Å². The summed E-state index contributed by atoms with van der Waals surface area (Å²) in [5.74, 6) is 0.0377. The molecule has 1 fully saturated rings. The van der Waals surface area contributed by atoms with Gasteiger partial charge in [0.05, 0.1) is 41.0 Å². The first-order valence-corrected chi connectivity index (χ1v) is 12.4. The molecule has 3 aromatic heterocycles. The fourth-order valence-electron chi connectivity index (χ4n) is 4.53. The van der Waals surface area contributed by atoms with Crippen molar-refractivity contribution in [3.05, 3.63) is 63.7 Å². The molecular weight excluding hydrogens is 449 g/mol. The van der Waals surface area contributed by atoms with Gasteiger partial charge in [0, 0.05) is 16.4 Å². The zero-order chi connectivity index (χ0) is 23.7. The first kappa shape index (κ1) is 22.4. The molecule has 5 rings (SSSR count). The second kappa shape index (κ2) is 9.49. The number of anilines is 1. The molecule has 1 aromatic carbocycles. The van der Waals surface area contributed by atoms with Gasteiger partial charge in [0.15, 0.2) is 10.8 Å². The van der Waals surface area contributed by atoms with Crippen LogP contribution in [0.5, 0.6) is 0 Å². The molecule has 0 amide bonds. The maximum Gasteiger partial charge on any atom is 0.183 e. The van der Waals surface area contributed by atoms with Crippen molar-refractivity contribution in [2.75, 3.05) is 18.4 Å². The van der Waals surface area contributed by atoms with Crippen molar-refractivity contribution in [2.45, 2.75) is 45.6 Å². The number of piperidine rings is 1. The van der Waals surface area contributed by atoms with Crippen molar-refractivity contribution in [3.8, 4) is 17.3 Å². The Morgan fingerprint density at radius 3 is 2.82 bits per heavy atom. The summed E-state index contributed by atoms with van der Waals surface area (Å²) < 4.78 is 15.6. The van der Waals surface area contributed by atoms with Gasteiger partial charge in [0.25, 0.3) is 0 Å². The molecule has 4 heterocycles. The van der Waals surface area contributed by atoms with Gasteiger partial charge in [0.2, 0.25) is 0 Å². The minimum atomic E-state index is -0.428. The number of hydrogen-bond donors (Lipinski definition) is 2. The third-order valence-electron chi connectivity index (χ3n) is 6.33. The van der Waals surface area contributed by atoms with Crippen molar-refractivity contribution in [1.82, 2.24) is 24.9 Å². The van der Waals surface area contributed by atoms with E-state index in [-0.39, 0.29) is 5.56 Å². The lowest BCUT2D eigenvalue weighted by molar-refractivity contribution is 0.449. The molecule has 0 unspecified atom stereocenters. The molecule has 0 spiro atoms. The Bertz CT molecular complexity index is 1380. The molecule has 9 heteroatoms. The van der Waals surface area contributed by atoms with Gasteiger partial charge in [-0.1, -0.05) is 6.92 Å². The number of aromatic nitrogens is 4. The third-order valence-corrected chi connectivity index (χ3v) is 7.26. The number of thiazole rings is 1. The molecular formula is C25H26FN7S. The highest BCUT2D eigenvalue weighted by atomic mass is 32.1. The van der Waals surface area contributed by atoms with Crippen molar-refractivity contribution >= 4 is 22.1 Å². The van der Waals surface area contributed by atoms with Gasteiger partial charge in [-0.25, -0.2) is 18.9 Å². The number of rotatable bonds is 6. The Labute approximate surface area is 201 Å². The molecule has 0 bridgehead atoms. The van der Waals surface area contributed by atoms with E-state index >= 15 is 0 Å². The Morgan fingerprint density at radius 1 is 1.24 bits per heavy atom. The van der Waals surface area contributed by atoms with Gasteiger partial charge >= 0.3 is 0 Å². The molecule has 2 N–H and O–H groups in total. The number of nitrogens with zero attached hydrogens (tertiary/aromatic N) is 5. The summed E-state index contributed by atoms with van der Waals surface area (Å²) in [4.78, 5) is 10.5. The van der Waals surface area contributed by atoms with Crippen molar-refractivity contribution < 1.29 is 4.39 Å². The summed E-state index contributed by atoms with van der Waals surface area (Å²) in [5.41, 5.74) is 5.63. The van der Waals surface area contributed by atoms with E-state index in [9.17, 15) is 9.65 Å². The largest absolute Gasteiger partial charge is 0.356 e. The first-order valence-electron chi connectivity index (χ1n) is 11.6. The number of aryl methyl sites for hydroxylation is 2. The maximum absolute atomic E-state index is 13.6. The van der Waals surface area contributed by atoms with Crippen LogP contribution < -0.4 is 10.6 Å². The van der Waals surface area contributed by atoms with Gasteiger partial charge in [-0.15, -0.1) is 11.3 Å². The van der Waals surface area contributed by atoms with E-state index in [2.05, 4.69) is 35.8 Å². The van der Waals surface area contributed by atoms with Gasteiger partial charge in [-0.2, -0.15) is 10.4 Å². The number of halogens is 1. The minimum absolute atomic E-state index is 0.282. The molecule has 1 aliphatic rings. The summed E-state index contributed by atoms with van der Waals surface area (Å²) in [6.45, 7) is 6.64. The van der Waals surface area contributed by atoms with Gasteiger partial charge < -0.3 is 10.6 Å². The van der Waals surface area contributed by atoms with Crippen LogP contribution in [0.1, 0.15) is 53.2 Å². The van der Waals surface area contributed by atoms with E-state index in [1.807, 2.05) is 11.4 Å². The number of nitrogens with one attached hydrogen (secondary N) is 2. The van der Waals surface area contributed by atoms with Crippen LogP contribution >= 0.6 is 11.3 Å². The summed E-state index contributed by atoms with van der Waals surface area (Å²) in [6, 6.07) is 10.5. The number of nitriles is 1. The molecule has 34 heavy (non-hydrogen) atoms. The Morgan fingerprint density at radius 2 is 2.06 bits per heavy atom. The number of imidazole rings is 1. The normalized spacial score (nSPS) is 14.4. The fraction of sp³-hybridized carbons (Fsp3) is 0.360. The predicted molar refractivity (Wildman–Crippen MR) is 131 cm³/mol. The van der Waals surface area contributed by atoms with E-state index in [4.69, 9.17) is 15.1 Å². The molecule has 1 aliphatic heterocycles. The van der Waals surface area contributed by atoms with E-state index in [0.717, 1.165) is 65.1 Å². The van der Waals surface area contributed by atoms with E-state index < -0.39 is 5.82 Å². The fourth-order valence-corrected chi connectivity index (χ4v) is 5.35. The van der Waals surface area contributed by atoms with E-state index in [1.54, 1.807) is 6.07 Å². The van der Waals surface area contributed by atoms with Crippen LogP contribution in [0.4, 0.5) is 9.52 Å². The van der Waals surface area contributed by atoms with Gasteiger partial charge in [0.1, 0.15) is 5.82 Å². The van der Waals surface area contributed by atoms with Crippen LogP contribution in [-0.4, -0.2) is 32.7 Å². The molecule has 0 saturated carbocycles. The Hall–Kier alpha value is -3.35. The standard InChI is InChI=1S/C25H26FN7S/c1-3-20-22(33-23(30-20)7-6-21(32-33)16-8-10-28-11-9-16)14-29-25-31-24(15(2)34-25)19-5-4-18(26)12-17(19)13-27/h4-7,12,16,28H,3,8-11,14H2,1-2H3,(H,29,31). The van der Waals surface area contributed by atoms with Crippen molar-refractivity contribution in [2.24, 2.45) is 0 Å². The zero-order valence-electron chi connectivity index (χ0n) is 19.2. The summed E-state index contributed by atoms with van der Waals surface area (Å²) in [6.07, 6.45) is 3.00. The average Bonchev–Trinajstić information content (AvgIpc) is 3.42. The van der Waals surface area contributed by atoms with Crippen molar-refractivity contribution in [1.29, 1.82) is 5.26 Å². The smallest absolute Gasteiger partial charge is 0.183 e. The topological polar surface area (TPSA) is 90.9 Å². The molecule has 174 valence electrons. The average molecular weight is 476 g/mol. The quantitative estimate of drug-likeness (QED) is 0.416. The van der Waals surface area contributed by atoms with Crippen LogP contribution in [0, 0.1) is 24.1 Å². The van der Waals surface area contributed by atoms with Crippen molar-refractivity contribution in [3.63, 3.8) is 0 Å². The molecule has 0 atom stereocenters. The minimum Gasteiger partial charge on any atom is -0.356 e. The first-order chi connectivity index (χ1) is 16.6. The van der Waals surface area contributed by atoms with E-state index in [0.29, 0.717) is 23.7 Å². The molecule has 1 saturated heterocycles. The van der Waals surface area contributed by atoms with Gasteiger partial charge in [-0.3, -0.25) is 0 Å². The highest BCUT2D eigenvalue weighted by Gasteiger charge is 2.20. The second-order valence-electron chi connectivity index (χ2n) is 8.49. The zero-order valence-corrected chi connectivity index (χ0v) is 20.0. The van der Waals surface area contributed by atoms with Crippen LogP contribution in [-0.2, 0) is 13.0 Å².